The number of fused-ring (bicyclic) bond motifs is 1. The van der Waals surface area contributed by atoms with Crippen molar-refractivity contribution in [2.45, 2.75) is 52.0 Å². The normalized spacial score (nSPS) is 17.4. The van der Waals surface area contributed by atoms with E-state index in [9.17, 15) is 5.11 Å². The number of anilines is 1. The molecule has 0 bridgehead atoms. The van der Waals surface area contributed by atoms with Gasteiger partial charge in [-0.05, 0) is 57.7 Å². The Morgan fingerprint density at radius 2 is 2.19 bits per heavy atom. The molecule has 0 spiro atoms. The first kappa shape index (κ1) is 16.3. The molecular formula is C18H30N2O. The molecule has 1 aliphatic heterocycles. The molecule has 0 radical (unpaired) electrons. The van der Waals surface area contributed by atoms with Gasteiger partial charge in [-0.15, -0.1) is 0 Å². The standard InChI is InChI=1S/C18H30N2O/c1-4-10-19-18(3,14-21)9-12-20-11-5-6-16-13-15(2)7-8-17(16)20/h7-8,13,19,21H,4-6,9-12,14H2,1-3H3. The highest BCUT2D eigenvalue weighted by Crippen LogP contribution is 2.28. The van der Waals surface area contributed by atoms with Crippen molar-refractivity contribution in [3.63, 3.8) is 0 Å². The molecule has 1 heterocycles. The second kappa shape index (κ2) is 7.28. The molecule has 3 heteroatoms. The van der Waals surface area contributed by atoms with Gasteiger partial charge < -0.3 is 15.3 Å². The van der Waals surface area contributed by atoms with Gasteiger partial charge in [0.1, 0.15) is 0 Å². The maximum atomic E-state index is 9.69. The first-order valence-corrected chi connectivity index (χ1v) is 8.28. The van der Waals surface area contributed by atoms with Crippen molar-refractivity contribution >= 4 is 5.69 Å². The van der Waals surface area contributed by atoms with Crippen LogP contribution in [0.3, 0.4) is 0 Å². The van der Waals surface area contributed by atoms with Crippen molar-refractivity contribution in [2.75, 3.05) is 31.1 Å². The van der Waals surface area contributed by atoms with E-state index < -0.39 is 0 Å². The molecule has 0 fully saturated rings. The molecule has 0 aromatic heterocycles. The molecule has 1 aromatic rings. The third-order valence-electron chi connectivity index (χ3n) is 4.53. The van der Waals surface area contributed by atoms with E-state index in [1.807, 2.05) is 0 Å². The van der Waals surface area contributed by atoms with E-state index in [-0.39, 0.29) is 12.1 Å². The van der Waals surface area contributed by atoms with Crippen molar-refractivity contribution in [2.24, 2.45) is 0 Å². The maximum absolute atomic E-state index is 9.69. The topological polar surface area (TPSA) is 35.5 Å². The molecule has 118 valence electrons. The zero-order chi connectivity index (χ0) is 15.3. The Labute approximate surface area is 129 Å². The van der Waals surface area contributed by atoms with Gasteiger partial charge in [-0.3, -0.25) is 0 Å². The van der Waals surface area contributed by atoms with Crippen LogP contribution in [-0.4, -0.2) is 36.9 Å². The average molecular weight is 290 g/mol. The predicted octanol–water partition coefficient (Wildman–Crippen LogP) is 2.89. The highest BCUT2D eigenvalue weighted by atomic mass is 16.3. The smallest absolute Gasteiger partial charge is 0.0611 e. The monoisotopic (exact) mass is 290 g/mol. The lowest BCUT2D eigenvalue weighted by molar-refractivity contribution is 0.167. The van der Waals surface area contributed by atoms with Gasteiger partial charge in [0.2, 0.25) is 0 Å². The van der Waals surface area contributed by atoms with Crippen LogP contribution in [-0.2, 0) is 6.42 Å². The zero-order valence-electron chi connectivity index (χ0n) is 13.8. The molecule has 1 aromatic carbocycles. The van der Waals surface area contributed by atoms with Gasteiger partial charge in [0.25, 0.3) is 0 Å². The number of aliphatic hydroxyl groups excluding tert-OH is 1. The van der Waals surface area contributed by atoms with Crippen molar-refractivity contribution in [1.82, 2.24) is 5.32 Å². The summed E-state index contributed by atoms with van der Waals surface area (Å²) in [5.74, 6) is 0. The van der Waals surface area contributed by atoms with E-state index in [1.54, 1.807) is 0 Å². The predicted molar refractivity (Wildman–Crippen MR) is 90.1 cm³/mol. The lowest BCUT2D eigenvalue weighted by Gasteiger charge is -2.36. The quantitative estimate of drug-likeness (QED) is 0.810. The Bertz CT molecular complexity index is 461. The molecule has 1 aliphatic rings. The van der Waals surface area contributed by atoms with Crippen LogP contribution in [0.4, 0.5) is 5.69 Å². The Morgan fingerprint density at radius 1 is 1.38 bits per heavy atom. The summed E-state index contributed by atoms with van der Waals surface area (Å²) in [6, 6.07) is 6.79. The van der Waals surface area contributed by atoms with Crippen LogP contribution in [0.5, 0.6) is 0 Å². The number of nitrogens with zero attached hydrogens (tertiary/aromatic N) is 1. The van der Waals surface area contributed by atoms with Crippen molar-refractivity contribution in [3.05, 3.63) is 29.3 Å². The fraction of sp³-hybridized carbons (Fsp3) is 0.667. The summed E-state index contributed by atoms with van der Waals surface area (Å²) in [6.45, 7) is 9.75. The van der Waals surface area contributed by atoms with E-state index in [0.29, 0.717) is 0 Å². The molecule has 21 heavy (non-hydrogen) atoms. The molecule has 0 aliphatic carbocycles. The Morgan fingerprint density at radius 3 is 2.90 bits per heavy atom. The first-order chi connectivity index (χ1) is 10.1. The molecular weight excluding hydrogens is 260 g/mol. The van der Waals surface area contributed by atoms with Crippen LogP contribution in [0.2, 0.25) is 0 Å². The molecule has 0 saturated carbocycles. The molecule has 0 saturated heterocycles. The minimum Gasteiger partial charge on any atom is -0.394 e. The van der Waals surface area contributed by atoms with Crippen molar-refractivity contribution in [3.8, 4) is 0 Å². The summed E-state index contributed by atoms with van der Waals surface area (Å²) in [5.41, 5.74) is 4.05. The molecule has 1 unspecified atom stereocenters. The number of nitrogens with one attached hydrogen (secondary N) is 1. The Hall–Kier alpha value is -1.06. The van der Waals surface area contributed by atoms with Gasteiger partial charge in [-0.2, -0.15) is 0 Å². The summed E-state index contributed by atoms with van der Waals surface area (Å²) in [7, 11) is 0. The maximum Gasteiger partial charge on any atom is 0.0611 e. The van der Waals surface area contributed by atoms with E-state index in [4.69, 9.17) is 0 Å². The van der Waals surface area contributed by atoms with Gasteiger partial charge in [0.15, 0.2) is 0 Å². The van der Waals surface area contributed by atoms with Crippen molar-refractivity contribution < 1.29 is 5.11 Å². The number of hydrogen-bond acceptors (Lipinski definition) is 3. The number of hydrogen-bond donors (Lipinski definition) is 2. The second-order valence-corrected chi connectivity index (χ2v) is 6.62. The van der Waals surface area contributed by atoms with Gasteiger partial charge >= 0.3 is 0 Å². The number of benzene rings is 1. The number of aryl methyl sites for hydroxylation is 2. The van der Waals surface area contributed by atoms with Crippen LogP contribution in [0.1, 0.15) is 44.2 Å². The van der Waals surface area contributed by atoms with Gasteiger partial charge in [-0.25, -0.2) is 0 Å². The van der Waals surface area contributed by atoms with E-state index in [0.717, 1.165) is 32.5 Å². The fourth-order valence-electron chi connectivity index (χ4n) is 3.07. The lowest BCUT2D eigenvalue weighted by atomic mass is 9.95. The number of aliphatic hydroxyl groups is 1. The SMILES string of the molecule is CCCNC(C)(CO)CCN1CCCc2cc(C)ccc21. The summed E-state index contributed by atoms with van der Waals surface area (Å²) in [5, 5.41) is 13.2. The highest BCUT2D eigenvalue weighted by Gasteiger charge is 2.24. The summed E-state index contributed by atoms with van der Waals surface area (Å²) >= 11 is 0. The molecule has 2 N–H and O–H groups in total. The lowest BCUT2D eigenvalue weighted by Crippen LogP contribution is -2.48. The summed E-state index contributed by atoms with van der Waals surface area (Å²) < 4.78 is 0. The Kier molecular flexibility index (Phi) is 5.65. The van der Waals surface area contributed by atoms with E-state index in [1.165, 1.54) is 29.7 Å². The van der Waals surface area contributed by atoms with E-state index in [2.05, 4.69) is 49.2 Å². The highest BCUT2D eigenvalue weighted by molar-refractivity contribution is 5.56. The minimum absolute atomic E-state index is 0.168. The molecule has 2 rings (SSSR count). The first-order valence-electron chi connectivity index (χ1n) is 8.28. The fourth-order valence-corrected chi connectivity index (χ4v) is 3.07. The molecule has 1 atom stereocenters. The average Bonchev–Trinajstić information content (AvgIpc) is 2.50. The van der Waals surface area contributed by atoms with Crippen molar-refractivity contribution in [1.29, 1.82) is 0 Å². The third kappa shape index (κ3) is 4.21. The molecule has 3 nitrogen and oxygen atoms in total. The van der Waals surface area contributed by atoms with Gasteiger partial charge in [0.05, 0.1) is 6.61 Å². The van der Waals surface area contributed by atoms with Crippen LogP contribution >= 0.6 is 0 Å². The zero-order valence-corrected chi connectivity index (χ0v) is 13.8. The van der Waals surface area contributed by atoms with Crippen LogP contribution in [0, 0.1) is 6.92 Å². The van der Waals surface area contributed by atoms with Gasteiger partial charge in [0, 0.05) is 24.3 Å². The Balaban J connectivity index is 2.01. The minimum atomic E-state index is -0.168. The second-order valence-electron chi connectivity index (χ2n) is 6.62. The van der Waals surface area contributed by atoms with Crippen LogP contribution in [0.25, 0.3) is 0 Å². The summed E-state index contributed by atoms with van der Waals surface area (Å²) in [6.07, 6.45) is 4.49. The summed E-state index contributed by atoms with van der Waals surface area (Å²) in [4.78, 5) is 2.49. The third-order valence-corrected chi connectivity index (χ3v) is 4.53. The van der Waals surface area contributed by atoms with Crippen LogP contribution < -0.4 is 10.2 Å². The van der Waals surface area contributed by atoms with E-state index >= 15 is 0 Å². The van der Waals surface area contributed by atoms with Crippen LogP contribution in [0.15, 0.2) is 18.2 Å². The number of rotatable bonds is 7. The largest absolute Gasteiger partial charge is 0.394 e. The molecule has 0 amide bonds. The van der Waals surface area contributed by atoms with Gasteiger partial charge in [-0.1, -0.05) is 24.6 Å².